The maximum Gasteiger partial charge on any atom is 0.140 e. The third-order valence-corrected chi connectivity index (χ3v) is 2.99. The van der Waals surface area contributed by atoms with Crippen LogP contribution in [0.4, 0.5) is 0 Å². The van der Waals surface area contributed by atoms with Crippen LogP contribution < -0.4 is 0 Å². The van der Waals surface area contributed by atoms with Gasteiger partial charge in [-0.05, 0) is 0 Å². The first kappa shape index (κ1) is 9.74. The van der Waals surface area contributed by atoms with Crippen molar-refractivity contribution in [3.8, 4) is 0 Å². The molecule has 0 aliphatic carbocycles. The largest absolute Gasteiger partial charge is 0.401 e. The summed E-state index contributed by atoms with van der Waals surface area (Å²) in [5, 5.41) is 18.3. The van der Waals surface area contributed by atoms with Crippen LogP contribution in [-0.2, 0) is 5.40 Å². The van der Waals surface area contributed by atoms with Gasteiger partial charge in [-0.15, -0.1) is 10.2 Å². The lowest BCUT2D eigenvalue weighted by Gasteiger charge is -2.11. The van der Waals surface area contributed by atoms with Crippen LogP contribution in [0.1, 0.15) is 29.8 Å². The van der Waals surface area contributed by atoms with E-state index >= 15 is 0 Å². The van der Waals surface area contributed by atoms with E-state index in [9.17, 15) is 5.11 Å². The molecule has 0 spiro atoms. The highest BCUT2D eigenvalue weighted by atomic mass is 32.1. The van der Waals surface area contributed by atoms with E-state index in [-0.39, 0.29) is 0 Å². The second-order valence-electron chi connectivity index (χ2n) is 3.66. The Hall–Kier alpha value is -0.350. The van der Waals surface area contributed by atoms with E-state index in [1.807, 2.05) is 0 Å². The fourth-order valence-electron chi connectivity index (χ4n) is 0.715. The first-order valence-corrected chi connectivity index (χ1v) is 4.79. The minimum atomic E-state index is -0.856. The van der Waals surface area contributed by atoms with Crippen molar-refractivity contribution in [3.05, 3.63) is 10.0 Å². The maximum absolute atomic E-state index is 9.59. The second-order valence-corrected chi connectivity index (χ2v) is 4.67. The molecule has 1 aromatic rings. The van der Waals surface area contributed by atoms with Crippen LogP contribution in [-0.4, -0.2) is 31.0 Å². The number of hydrogen-bond acceptors (Lipinski definition) is 4. The summed E-state index contributed by atoms with van der Waals surface area (Å²) >= 11 is 1.48. The summed E-state index contributed by atoms with van der Waals surface area (Å²) in [5.74, 6) is 0.388. The van der Waals surface area contributed by atoms with Crippen molar-refractivity contribution in [1.29, 1.82) is 0 Å². The Kier molecular flexibility index (Phi) is 2.58. The Balaban J connectivity index is 2.92. The molecule has 0 aliphatic rings. The summed E-state index contributed by atoms with van der Waals surface area (Å²) in [6.45, 7) is 4.13. The Bertz CT molecular complexity index is 269. The highest BCUT2D eigenvalue weighted by molar-refractivity contribution is 7.12. The second kappa shape index (κ2) is 3.18. The van der Waals surface area contributed by atoms with Gasteiger partial charge in [0.15, 0.2) is 0 Å². The topological polar surface area (TPSA) is 46.0 Å². The van der Waals surface area contributed by atoms with E-state index in [1.165, 1.54) is 11.3 Å². The highest BCUT2D eigenvalue weighted by Crippen LogP contribution is 2.23. The van der Waals surface area contributed by atoms with Crippen LogP contribution in [0.5, 0.6) is 0 Å². The van der Waals surface area contributed by atoms with Gasteiger partial charge in [-0.2, -0.15) is 0 Å². The highest BCUT2D eigenvalue weighted by Gasteiger charge is 2.21. The average Bonchev–Trinajstić information content (AvgIpc) is 2.30. The van der Waals surface area contributed by atoms with Gasteiger partial charge in [0.05, 0.1) is 5.40 Å². The normalized spacial score (nSPS) is 12.3. The first-order chi connectivity index (χ1) is 5.41. The van der Waals surface area contributed by atoms with E-state index in [2.05, 4.69) is 24.0 Å². The molecule has 0 atom stereocenters. The molecule has 0 amide bonds. The van der Waals surface area contributed by atoms with Crippen LogP contribution in [0.2, 0.25) is 0 Å². The molecule has 0 saturated heterocycles. The van der Waals surface area contributed by atoms with Crippen molar-refractivity contribution in [1.82, 2.24) is 10.2 Å². The third-order valence-electron chi connectivity index (χ3n) is 1.46. The molecule has 0 saturated carbocycles. The first-order valence-electron chi connectivity index (χ1n) is 3.97. The van der Waals surface area contributed by atoms with Crippen LogP contribution in [0, 0.1) is 0 Å². The van der Waals surface area contributed by atoms with E-state index in [4.69, 9.17) is 0 Å². The number of aromatic nitrogens is 2. The zero-order valence-corrected chi connectivity index (χ0v) is 8.64. The molecule has 0 aliphatic heterocycles. The molecule has 1 rings (SSSR count). The van der Waals surface area contributed by atoms with E-state index in [1.54, 1.807) is 15.7 Å². The standard InChI is InChI=1S/C6H12B2N2OS/c1-3(2)4-9-10-5(12-4)6(7,8)11/h3,11H,7-8H2,1-2H3. The van der Waals surface area contributed by atoms with Gasteiger partial charge in [0, 0.05) is 5.92 Å². The average molecular weight is 182 g/mol. The van der Waals surface area contributed by atoms with Gasteiger partial charge in [-0.3, -0.25) is 0 Å². The minimum absolute atomic E-state index is 0.388. The van der Waals surface area contributed by atoms with Crippen molar-refractivity contribution in [2.24, 2.45) is 0 Å². The summed E-state index contributed by atoms with van der Waals surface area (Å²) in [7, 11) is 3.44. The lowest BCUT2D eigenvalue weighted by atomic mass is 9.66. The lowest BCUT2D eigenvalue weighted by Crippen LogP contribution is -2.25. The number of aliphatic hydroxyl groups is 1. The quantitative estimate of drug-likeness (QED) is 0.598. The van der Waals surface area contributed by atoms with Gasteiger partial charge in [0.1, 0.15) is 25.7 Å². The Morgan fingerprint density at radius 3 is 2.25 bits per heavy atom. The van der Waals surface area contributed by atoms with Crippen LogP contribution >= 0.6 is 11.3 Å². The maximum atomic E-state index is 9.59. The SMILES string of the molecule is BC(B)(O)c1nnc(C(C)C)s1. The lowest BCUT2D eigenvalue weighted by molar-refractivity contribution is 0.215. The van der Waals surface area contributed by atoms with Gasteiger partial charge in [-0.25, -0.2) is 0 Å². The zero-order valence-electron chi connectivity index (χ0n) is 7.83. The summed E-state index contributed by atoms with van der Waals surface area (Å²) in [6, 6.07) is 0. The number of rotatable bonds is 2. The molecule has 12 heavy (non-hydrogen) atoms. The van der Waals surface area contributed by atoms with Crippen molar-refractivity contribution in [3.63, 3.8) is 0 Å². The van der Waals surface area contributed by atoms with Crippen molar-refractivity contribution < 1.29 is 5.11 Å². The summed E-state index contributed by atoms with van der Waals surface area (Å²) < 4.78 is 0. The molecule has 0 unspecified atom stereocenters. The smallest absolute Gasteiger partial charge is 0.140 e. The molecule has 0 bridgehead atoms. The third kappa shape index (κ3) is 2.08. The van der Waals surface area contributed by atoms with Gasteiger partial charge < -0.3 is 5.11 Å². The fourth-order valence-corrected chi connectivity index (χ4v) is 1.56. The molecule has 64 valence electrons. The summed E-state index contributed by atoms with van der Waals surface area (Å²) in [4.78, 5) is 0. The van der Waals surface area contributed by atoms with Gasteiger partial charge in [0.25, 0.3) is 0 Å². The van der Waals surface area contributed by atoms with E-state index < -0.39 is 5.40 Å². The molecule has 0 fully saturated rings. The predicted octanol–water partition coefficient (Wildman–Crippen LogP) is -0.970. The zero-order chi connectivity index (χ0) is 9.35. The monoisotopic (exact) mass is 182 g/mol. The van der Waals surface area contributed by atoms with Crippen LogP contribution in [0.3, 0.4) is 0 Å². The Labute approximate surface area is 78.0 Å². The summed E-state index contributed by atoms with van der Waals surface area (Å²) in [6.07, 6.45) is 0. The molecular formula is C6H12B2N2OS. The molecule has 1 heterocycles. The summed E-state index contributed by atoms with van der Waals surface area (Å²) in [5.41, 5.74) is 0. The van der Waals surface area contributed by atoms with Crippen LogP contribution in [0.15, 0.2) is 0 Å². The van der Waals surface area contributed by atoms with Crippen LogP contribution in [0.25, 0.3) is 0 Å². The molecular weight excluding hydrogens is 170 g/mol. The molecule has 1 aromatic heterocycles. The van der Waals surface area contributed by atoms with E-state index in [0.29, 0.717) is 10.9 Å². The number of nitrogens with zero attached hydrogens (tertiary/aromatic N) is 2. The fraction of sp³-hybridized carbons (Fsp3) is 0.667. The minimum Gasteiger partial charge on any atom is -0.401 e. The Morgan fingerprint density at radius 1 is 1.42 bits per heavy atom. The molecule has 0 aromatic carbocycles. The number of hydrogen-bond donors (Lipinski definition) is 1. The molecule has 1 N–H and O–H groups in total. The molecule has 6 heteroatoms. The van der Waals surface area contributed by atoms with Gasteiger partial charge in [-0.1, -0.05) is 25.2 Å². The van der Waals surface area contributed by atoms with E-state index in [0.717, 1.165) is 5.01 Å². The van der Waals surface area contributed by atoms with Crippen molar-refractivity contribution in [2.45, 2.75) is 25.2 Å². The molecule has 0 radical (unpaired) electrons. The van der Waals surface area contributed by atoms with Gasteiger partial charge in [0.2, 0.25) is 0 Å². The predicted molar refractivity (Wildman–Crippen MR) is 55.0 cm³/mol. The Morgan fingerprint density at radius 2 is 2.00 bits per heavy atom. The molecule has 3 nitrogen and oxygen atoms in total. The van der Waals surface area contributed by atoms with Crippen molar-refractivity contribution >= 4 is 27.0 Å². The van der Waals surface area contributed by atoms with Gasteiger partial charge >= 0.3 is 0 Å². The van der Waals surface area contributed by atoms with Crippen molar-refractivity contribution in [2.75, 3.05) is 0 Å².